The zero-order chi connectivity index (χ0) is 15.8. The summed E-state index contributed by atoms with van der Waals surface area (Å²) in [6.07, 6.45) is 10.2. The van der Waals surface area contributed by atoms with E-state index in [-0.39, 0.29) is 17.7 Å². The number of carbonyl (C=O) groups is 1. The number of carbonyl (C=O) groups excluding carboxylic acids is 1. The first-order chi connectivity index (χ1) is 10.7. The number of hydrogen-bond donors (Lipinski definition) is 3. The number of hydroxylamine groups is 1. The minimum atomic E-state index is -0.538. The van der Waals surface area contributed by atoms with Gasteiger partial charge in [0, 0.05) is 18.3 Å². The van der Waals surface area contributed by atoms with Crippen LogP contribution < -0.4 is 5.48 Å². The molecular formula is C17H26N2O3. The highest BCUT2D eigenvalue weighted by Crippen LogP contribution is 2.33. The van der Waals surface area contributed by atoms with Crippen molar-refractivity contribution in [2.24, 2.45) is 11.8 Å². The largest absolute Gasteiger partial charge is 0.393 e. The molecule has 2 atom stereocenters. The Bertz CT molecular complexity index is 446. The maximum absolute atomic E-state index is 11.9. The fraction of sp³-hybridized carbons (Fsp3) is 0.647. The molecule has 1 aliphatic rings. The zero-order valence-electron chi connectivity index (χ0n) is 12.9. The van der Waals surface area contributed by atoms with Gasteiger partial charge in [-0.25, -0.2) is 5.48 Å². The molecule has 5 nitrogen and oxygen atoms in total. The summed E-state index contributed by atoms with van der Waals surface area (Å²) in [6, 6.07) is 3.87. The fourth-order valence-corrected chi connectivity index (χ4v) is 3.42. The summed E-state index contributed by atoms with van der Waals surface area (Å²) in [4.78, 5) is 16.0. The molecule has 22 heavy (non-hydrogen) atoms. The second-order valence-electron chi connectivity index (χ2n) is 6.27. The normalized spacial score (nSPS) is 18.6. The van der Waals surface area contributed by atoms with E-state index in [4.69, 9.17) is 5.21 Å². The van der Waals surface area contributed by atoms with Crippen LogP contribution in [0.3, 0.4) is 0 Å². The van der Waals surface area contributed by atoms with Gasteiger partial charge in [-0.15, -0.1) is 0 Å². The molecule has 1 aromatic heterocycles. The van der Waals surface area contributed by atoms with Crippen LogP contribution in [0, 0.1) is 11.8 Å². The SMILES string of the molecule is O=C(NO)C(CC(O)CCc1cccnc1)C1CCCCC1. The average Bonchev–Trinajstić information content (AvgIpc) is 2.59. The molecular weight excluding hydrogens is 280 g/mol. The van der Waals surface area contributed by atoms with Gasteiger partial charge < -0.3 is 5.11 Å². The van der Waals surface area contributed by atoms with E-state index < -0.39 is 6.10 Å². The van der Waals surface area contributed by atoms with E-state index >= 15 is 0 Å². The number of rotatable bonds is 7. The molecule has 2 rings (SSSR count). The molecule has 3 N–H and O–H groups in total. The summed E-state index contributed by atoms with van der Waals surface area (Å²) >= 11 is 0. The van der Waals surface area contributed by atoms with E-state index in [1.807, 2.05) is 12.1 Å². The third-order valence-electron chi connectivity index (χ3n) is 4.68. The number of aryl methyl sites for hydroxylation is 1. The molecule has 1 amide bonds. The van der Waals surface area contributed by atoms with Gasteiger partial charge in [0.1, 0.15) is 0 Å². The van der Waals surface area contributed by atoms with Crippen molar-refractivity contribution in [1.82, 2.24) is 10.5 Å². The van der Waals surface area contributed by atoms with Crippen LogP contribution >= 0.6 is 0 Å². The van der Waals surface area contributed by atoms with Crippen LogP contribution in [0.2, 0.25) is 0 Å². The predicted octanol–water partition coefficient (Wildman–Crippen LogP) is 2.47. The minimum absolute atomic E-state index is 0.272. The van der Waals surface area contributed by atoms with Crippen molar-refractivity contribution in [3.05, 3.63) is 30.1 Å². The standard InChI is InChI=1S/C17H26N2O3/c20-15(9-8-13-5-4-10-18-12-13)11-16(17(21)19-22)14-6-2-1-3-7-14/h4-5,10,12,14-16,20,22H,1-3,6-9,11H2,(H,19,21). The van der Waals surface area contributed by atoms with Crippen LogP contribution in [0.5, 0.6) is 0 Å². The summed E-state index contributed by atoms with van der Waals surface area (Å²) in [5.74, 6) is -0.379. The summed E-state index contributed by atoms with van der Waals surface area (Å²) in [7, 11) is 0. The van der Waals surface area contributed by atoms with Crippen molar-refractivity contribution < 1.29 is 15.1 Å². The highest BCUT2D eigenvalue weighted by Gasteiger charge is 2.31. The second-order valence-corrected chi connectivity index (χ2v) is 6.27. The second kappa shape index (κ2) is 8.86. The Morgan fingerprint density at radius 1 is 1.36 bits per heavy atom. The van der Waals surface area contributed by atoms with E-state index in [9.17, 15) is 9.90 Å². The van der Waals surface area contributed by atoms with Crippen LogP contribution in [0.25, 0.3) is 0 Å². The average molecular weight is 306 g/mol. The quantitative estimate of drug-likeness (QED) is 0.534. The molecule has 2 unspecified atom stereocenters. The first-order valence-corrected chi connectivity index (χ1v) is 8.21. The first-order valence-electron chi connectivity index (χ1n) is 8.21. The topological polar surface area (TPSA) is 82.5 Å². The summed E-state index contributed by atoms with van der Waals surface area (Å²) < 4.78 is 0. The Kier molecular flexibility index (Phi) is 6.80. The highest BCUT2D eigenvalue weighted by molar-refractivity contribution is 5.77. The lowest BCUT2D eigenvalue weighted by Crippen LogP contribution is -2.36. The lowest BCUT2D eigenvalue weighted by atomic mass is 9.77. The lowest BCUT2D eigenvalue weighted by molar-refractivity contribution is -0.137. The van der Waals surface area contributed by atoms with Crippen LogP contribution in [0.15, 0.2) is 24.5 Å². The highest BCUT2D eigenvalue weighted by atomic mass is 16.5. The maximum Gasteiger partial charge on any atom is 0.246 e. The Labute approximate surface area is 131 Å². The number of amides is 1. The molecule has 0 bridgehead atoms. The third kappa shape index (κ3) is 5.07. The van der Waals surface area contributed by atoms with Gasteiger partial charge in [0.2, 0.25) is 5.91 Å². The van der Waals surface area contributed by atoms with E-state index in [1.54, 1.807) is 17.9 Å². The van der Waals surface area contributed by atoms with Crippen molar-refractivity contribution in [2.75, 3.05) is 0 Å². The van der Waals surface area contributed by atoms with Crippen molar-refractivity contribution in [1.29, 1.82) is 0 Å². The van der Waals surface area contributed by atoms with Gasteiger partial charge in [-0.3, -0.25) is 15.0 Å². The van der Waals surface area contributed by atoms with Crippen LogP contribution in [-0.4, -0.2) is 27.3 Å². The number of aliphatic hydroxyl groups excluding tert-OH is 1. The zero-order valence-corrected chi connectivity index (χ0v) is 12.9. The number of pyridine rings is 1. The van der Waals surface area contributed by atoms with Gasteiger partial charge in [0.05, 0.1) is 6.10 Å². The van der Waals surface area contributed by atoms with Gasteiger partial charge in [-0.05, 0) is 49.7 Å². The molecule has 0 aromatic carbocycles. The fourth-order valence-electron chi connectivity index (χ4n) is 3.42. The molecule has 1 aliphatic carbocycles. The molecule has 5 heteroatoms. The minimum Gasteiger partial charge on any atom is -0.393 e. The van der Waals surface area contributed by atoms with Crippen LogP contribution in [-0.2, 0) is 11.2 Å². The maximum atomic E-state index is 11.9. The molecule has 1 fully saturated rings. The number of hydrogen-bond acceptors (Lipinski definition) is 4. The van der Waals surface area contributed by atoms with Crippen LogP contribution in [0.4, 0.5) is 0 Å². The monoisotopic (exact) mass is 306 g/mol. The molecule has 1 saturated carbocycles. The van der Waals surface area contributed by atoms with Gasteiger partial charge in [0.15, 0.2) is 0 Å². The molecule has 0 spiro atoms. The molecule has 122 valence electrons. The first kappa shape index (κ1) is 16.9. The molecule has 1 aromatic rings. The molecule has 0 saturated heterocycles. The van der Waals surface area contributed by atoms with Gasteiger partial charge in [-0.2, -0.15) is 0 Å². The number of aliphatic hydroxyl groups is 1. The predicted molar refractivity (Wildman–Crippen MR) is 83.2 cm³/mol. The summed E-state index contributed by atoms with van der Waals surface area (Å²) in [6.45, 7) is 0. The van der Waals surface area contributed by atoms with Crippen molar-refractivity contribution in [3.63, 3.8) is 0 Å². The van der Waals surface area contributed by atoms with Crippen molar-refractivity contribution >= 4 is 5.91 Å². The number of nitrogens with one attached hydrogen (secondary N) is 1. The van der Waals surface area contributed by atoms with Gasteiger partial charge in [-0.1, -0.05) is 25.3 Å². The third-order valence-corrected chi connectivity index (χ3v) is 4.68. The molecule has 0 aliphatic heterocycles. The van der Waals surface area contributed by atoms with Crippen molar-refractivity contribution in [2.45, 2.75) is 57.5 Å². The number of nitrogens with zero attached hydrogens (tertiary/aromatic N) is 1. The van der Waals surface area contributed by atoms with E-state index in [0.717, 1.165) is 37.7 Å². The Morgan fingerprint density at radius 2 is 2.14 bits per heavy atom. The van der Waals surface area contributed by atoms with Crippen molar-refractivity contribution in [3.8, 4) is 0 Å². The Morgan fingerprint density at radius 3 is 2.77 bits per heavy atom. The Balaban J connectivity index is 1.87. The van der Waals surface area contributed by atoms with Gasteiger partial charge in [0.25, 0.3) is 0 Å². The van der Waals surface area contributed by atoms with E-state index in [2.05, 4.69) is 4.98 Å². The summed E-state index contributed by atoms with van der Waals surface area (Å²) in [5.41, 5.74) is 2.87. The van der Waals surface area contributed by atoms with Crippen LogP contribution in [0.1, 0.15) is 50.5 Å². The van der Waals surface area contributed by atoms with E-state index in [1.165, 1.54) is 6.42 Å². The smallest absolute Gasteiger partial charge is 0.246 e. The Hall–Kier alpha value is -1.46. The lowest BCUT2D eigenvalue weighted by Gasteiger charge is -2.30. The summed E-state index contributed by atoms with van der Waals surface area (Å²) in [5, 5.41) is 19.2. The number of aromatic nitrogens is 1. The van der Waals surface area contributed by atoms with Gasteiger partial charge >= 0.3 is 0 Å². The molecule has 0 radical (unpaired) electrons. The molecule has 1 heterocycles. The van der Waals surface area contributed by atoms with E-state index in [0.29, 0.717) is 12.8 Å².